The maximum Gasteiger partial charge on any atom is 0.348 e. The standard InChI is InChI=1S/C9H6N2O4S/c10-7-6-4(11(14)15)2-1-3-5(6)16-8(7)9(12)13/h1-3H,10H2,(H,12,13). The van der Waals surface area contributed by atoms with Crippen LogP contribution in [0.1, 0.15) is 9.67 Å². The van der Waals surface area contributed by atoms with E-state index >= 15 is 0 Å². The Labute approximate surface area is 93.1 Å². The van der Waals surface area contributed by atoms with E-state index in [1.54, 1.807) is 6.07 Å². The first-order valence-corrected chi connectivity index (χ1v) is 5.02. The highest BCUT2D eigenvalue weighted by Gasteiger charge is 2.22. The van der Waals surface area contributed by atoms with E-state index in [4.69, 9.17) is 10.8 Å². The zero-order chi connectivity index (χ0) is 11.9. The number of rotatable bonds is 2. The molecule has 0 atom stereocenters. The minimum atomic E-state index is -1.17. The highest BCUT2D eigenvalue weighted by atomic mass is 32.1. The van der Waals surface area contributed by atoms with Crippen molar-refractivity contribution in [3.63, 3.8) is 0 Å². The SMILES string of the molecule is Nc1c(C(=O)O)sc2cccc([N+](=O)[O-])c12. The summed E-state index contributed by atoms with van der Waals surface area (Å²) >= 11 is 0.935. The van der Waals surface area contributed by atoms with Gasteiger partial charge in [0.15, 0.2) is 0 Å². The summed E-state index contributed by atoms with van der Waals surface area (Å²) < 4.78 is 0.504. The second kappa shape index (κ2) is 3.46. The van der Waals surface area contributed by atoms with Gasteiger partial charge in [0.05, 0.1) is 16.0 Å². The number of carbonyl (C=O) groups is 1. The Morgan fingerprint density at radius 3 is 2.75 bits per heavy atom. The van der Waals surface area contributed by atoms with E-state index in [2.05, 4.69) is 0 Å². The Hall–Kier alpha value is -2.15. The van der Waals surface area contributed by atoms with Gasteiger partial charge in [-0.3, -0.25) is 10.1 Å². The van der Waals surface area contributed by atoms with Crippen LogP contribution in [-0.4, -0.2) is 16.0 Å². The van der Waals surface area contributed by atoms with Gasteiger partial charge in [-0.2, -0.15) is 0 Å². The predicted octanol–water partition coefficient (Wildman–Crippen LogP) is 2.09. The Morgan fingerprint density at radius 2 is 2.19 bits per heavy atom. The molecule has 0 unspecified atom stereocenters. The normalized spacial score (nSPS) is 10.5. The van der Waals surface area contributed by atoms with Gasteiger partial charge in [0.25, 0.3) is 5.69 Å². The molecule has 0 spiro atoms. The first-order valence-electron chi connectivity index (χ1n) is 4.21. The molecule has 2 aromatic rings. The Bertz CT molecular complexity index is 605. The van der Waals surface area contributed by atoms with Crippen molar-refractivity contribution in [1.82, 2.24) is 0 Å². The molecule has 1 heterocycles. The molecule has 0 saturated heterocycles. The molecule has 2 rings (SSSR count). The fourth-order valence-electron chi connectivity index (χ4n) is 1.46. The third kappa shape index (κ3) is 1.38. The molecule has 0 radical (unpaired) electrons. The monoisotopic (exact) mass is 238 g/mol. The van der Waals surface area contributed by atoms with Gasteiger partial charge < -0.3 is 10.8 Å². The number of hydrogen-bond acceptors (Lipinski definition) is 5. The van der Waals surface area contributed by atoms with Crippen molar-refractivity contribution in [2.75, 3.05) is 5.73 Å². The molecular weight excluding hydrogens is 232 g/mol. The average molecular weight is 238 g/mol. The van der Waals surface area contributed by atoms with Crippen LogP contribution >= 0.6 is 11.3 Å². The molecule has 16 heavy (non-hydrogen) atoms. The van der Waals surface area contributed by atoms with Crippen LogP contribution in [-0.2, 0) is 0 Å². The average Bonchev–Trinajstić information content (AvgIpc) is 2.56. The number of nitrogen functional groups attached to an aromatic ring is 1. The van der Waals surface area contributed by atoms with E-state index in [1.807, 2.05) is 0 Å². The molecule has 6 nitrogen and oxygen atoms in total. The molecule has 1 aromatic carbocycles. The summed E-state index contributed by atoms with van der Waals surface area (Å²) in [5, 5.41) is 19.8. The third-order valence-electron chi connectivity index (χ3n) is 2.12. The van der Waals surface area contributed by atoms with Crippen LogP contribution in [0.2, 0.25) is 0 Å². The Morgan fingerprint density at radius 1 is 1.50 bits per heavy atom. The zero-order valence-corrected chi connectivity index (χ0v) is 8.65. The van der Waals surface area contributed by atoms with Crippen molar-refractivity contribution in [2.24, 2.45) is 0 Å². The molecule has 0 fully saturated rings. The maximum absolute atomic E-state index is 10.8. The summed E-state index contributed by atoms with van der Waals surface area (Å²) in [5.41, 5.74) is 5.39. The second-order valence-electron chi connectivity index (χ2n) is 3.06. The Balaban J connectivity index is 2.87. The van der Waals surface area contributed by atoms with Crippen LogP contribution in [0.5, 0.6) is 0 Å². The molecule has 0 saturated carbocycles. The van der Waals surface area contributed by atoms with Crippen LogP contribution in [0.3, 0.4) is 0 Å². The number of hydrogen-bond donors (Lipinski definition) is 2. The van der Waals surface area contributed by atoms with Crippen LogP contribution in [0.25, 0.3) is 10.1 Å². The molecular formula is C9H6N2O4S. The van der Waals surface area contributed by atoms with E-state index in [-0.39, 0.29) is 21.6 Å². The van der Waals surface area contributed by atoms with Crippen LogP contribution in [0, 0.1) is 10.1 Å². The number of nitro groups is 1. The first-order chi connectivity index (χ1) is 7.52. The lowest BCUT2D eigenvalue weighted by Gasteiger charge is -1.95. The number of aromatic carboxylic acids is 1. The summed E-state index contributed by atoms with van der Waals surface area (Å²) in [5.74, 6) is -1.17. The van der Waals surface area contributed by atoms with Gasteiger partial charge in [-0.25, -0.2) is 4.79 Å². The van der Waals surface area contributed by atoms with Crippen molar-refractivity contribution >= 4 is 38.8 Å². The number of anilines is 1. The van der Waals surface area contributed by atoms with E-state index < -0.39 is 10.9 Å². The molecule has 0 amide bonds. The van der Waals surface area contributed by atoms with Gasteiger partial charge in [-0.1, -0.05) is 6.07 Å². The van der Waals surface area contributed by atoms with Gasteiger partial charge in [-0.15, -0.1) is 11.3 Å². The zero-order valence-electron chi connectivity index (χ0n) is 7.84. The number of fused-ring (bicyclic) bond motifs is 1. The third-order valence-corrected chi connectivity index (χ3v) is 3.28. The van der Waals surface area contributed by atoms with Crippen molar-refractivity contribution < 1.29 is 14.8 Å². The number of nitrogens with zero attached hydrogens (tertiary/aromatic N) is 1. The lowest BCUT2D eigenvalue weighted by Crippen LogP contribution is -1.98. The lowest BCUT2D eigenvalue weighted by atomic mass is 10.2. The topological polar surface area (TPSA) is 106 Å². The van der Waals surface area contributed by atoms with Crippen LogP contribution in [0.15, 0.2) is 18.2 Å². The number of benzene rings is 1. The van der Waals surface area contributed by atoms with E-state index in [0.29, 0.717) is 4.70 Å². The fourth-order valence-corrected chi connectivity index (χ4v) is 2.45. The number of carboxylic acids is 1. The van der Waals surface area contributed by atoms with Gasteiger partial charge >= 0.3 is 5.97 Å². The van der Waals surface area contributed by atoms with E-state index in [0.717, 1.165) is 11.3 Å². The summed E-state index contributed by atoms with van der Waals surface area (Å²) in [7, 11) is 0. The molecule has 1 aromatic heterocycles. The smallest absolute Gasteiger partial charge is 0.348 e. The molecule has 0 bridgehead atoms. The van der Waals surface area contributed by atoms with Crippen molar-refractivity contribution in [3.05, 3.63) is 33.2 Å². The van der Waals surface area contributed by atoms with Gasteiger partial charge in [0, 0.05) is 10.8 Å². The number of nitro benzene ring substituents is 1. The molecule has 0 aliphatic carbocycles. The maximum atomic E-state index is 10.8. The number of carboxylic acid groups (broad SMARTS) is 1. The number of non-ortho nitro benzene ring substituents is 1. The van der Waals surface area contributed by atoms with Gasteiger partial charge in [0.2, 0.25) is 0 Å². The van der Waals surface area contributed by atoms with Crippen molar-refractivity contribution in [3.8, 4) is 0 Å². The second-order valence-corrected chi connectivity index (χ2v) is 4.11. The molecule has 82 valence electrons. The summed E-state index contributed by atoms with van der Waals surface area (Å²) in [4.78, 5) is 20.9. The van der Waals surface area contributed by atoms with E-state index in [9.17, 15) is 14.9 Å². The van der Waals surface area contributed by atoms with Gasteiger partial charge in [-0.05, 0) is 6.07 Å². The van der Waals surface area contributed by atoms with E-state index in [1.165, 1.54) is 12.1 Å². The largest absolute Gasteiger partial charge is 0.477 e. The summed E-state index contributed by atoms with van der Waals surface area (Å²) in [6, 6.07) is 4.41. The van der Waals surface area contributed by atoms with Crippen LogP contribution in [0.4, 0.5) is 11.4 Å². The molecule has 0 aliphatic rings. The molecule has 7 heteroatoms. The quantitative estimate of drug-likeness (QED) is 0.615. The number of thiophene rings is 1. The predicted molar refractivity (Wildman–Crippen MR) is 59.9 cm³/mol. The summed E-state index contributed by atoms with van der Waals surface area (Å²) in [6.45, 7) is 0. The Kier molecular flexibility index (Phi) is 2.24. The fraction of sp³-hybridized carbons (Fsp3) is 0. The lowest BCUT2D eigenvalue weighted by molar-refractivity contribution is -0.383. The van der Waals surface area contributed by atoms with Crippen LogP contribution < -0.4 is 5.73 Å². The number of nitrogens with two attached hydrogens (primary N) is 1. The summed E-state index contributed by atoms with van der Waals surface area (Å²) in [6.07, 6.45) is 0. The molecule has 3 N–H and O–H groups in total. The van der Waals surface area contributed by atoms with Gasteiger partial charge in [0.1, 0.15) is 4.88 Å². The minimum Gasteiger partial charge on any atom is -0.477 e. The highest BCUT2D eigenvalue weighted by Crippen LogP contribution is 2.38. The highest BCUT2D eigenvalue weighted by molar-refractivity contribution is 7.21. The minimum absolute atomic E-state index is 0.0419. The first kappa shape index (κ1) is 10.4. The molecule has 0 aliphatic heterocycles. The van der Waals surface area contributed by atoms with Crippen molar-refractivity contribution in [2.45, 2.75) is 0 Å². The van der Waals surface area contributed by atoms with Crippen molar-refractivity contribution in [1.29, 1.82) is 0 Å².